The van der Waals surface area contributed by atoms with Gasteiger partial charge in [0.05, 0.1) is 17.3 Å². The number of phenolic OH excluding ortho intramolecular Hbond substituents is 1. The summed E-state index contributed by atoms with van der Waals surface area (Å²) in [6.07, 6.45) is 5.37. The fourth-order valence-electron chi connectivity index (χ4n) is 4.15. The average Bonchev–Trinajstić information content (AvgIpc) is 3.13. The SMILES string of the molecule is CCNC(=O)c1cccc2c1NC(c1cc(Br)ccc1O)C1CC=CC21. The molecule has 0 spiro atoms. The highest BCUT2D eigenvalue weighted by molar-refractivity contribution is 9.10. The first-order chi connectivity index (χ1) is 12.6. The zero-order chi connectivity index (χ0) is 18.3. The molecule has 0 saturated carbocycles. The highest BCUT2D eigenvalue weighted by Crippen LogP contribution is 2.52. The van der Waals surface area contributed by atoms with Gasteiger partial charge in [-0.1, -0.05) is 40.2 Å². The normalized spacial score (nSPS) is 23.1. The topological polar surface area (TPSA) is 61.4 Å². The molecule has 3 N–H and O–H groups in total. The van der Waals surface area contributed by atoms with Crippen LogP contribution < -0.4 is 10.6 Å². The van der Waals surface area contributed by atoms with E-state index in [1.54, 1.807) is 6.07 Å². The number of carbonyl (C=O) groups excluding carboxylic acids is 1. The minimum atomic E-state index is -0.0745. The Hall–Kier alpha value is -2.27. The predicted octanol–water partition coefficient (Wildman–Crippen LogP) is 4.73. The number of anilines is 1. The van der Waals surface area contributed by atoms with Gasteiger partial charge in [-0.3, -0.25) is 4.79 Å². The van der Waals surface area contributed by atoms with Crippen LogP contribution in [0.1, 0.15) is 46.8 Å². The number of para-hydroxylation sites is 1. The van der Waals surface area contributed by atoms with E-state index in [9.17, 15) is 9.90 Å². The van der Waals surface area contributed by atoms with Crippen LogP contribution in [0, 0.1) is 5.92 Å². The van der Waals surface area contributed by atoms with Crippen molar-refractivity contribution in [2.24, 2.45) is 5.92 Å². The van der Waals surface area contributed by atoms with Gasteiger partial charge in [-0.05, 0) is 49.1 Å². The van der Waals surface area contributed by atoms with Gasteiger partial charge in [-0.25, -0.2) is 0 Å². The van der Waals surface area contributed by atoms with E-state index in [0.29, 0.717) is 18.0 Å². The molecule has 4 nitrogen and oxygen atoms in total. The third kappa shape index (κ3) is 2.80. The molecule has 0 fully saturated rings. The molecule has 4 rings (SSSR count). The highest BCUT2D eigenvalue weighted by atomic mass is 79.9. The van der Waals surface area contributed by atoms with Gasteiger partial charge in [0.2, 0.25) is 0 Å². The lowest BCUT2D eigenvalue weighted by molar-refractivity contribution is 0.0956. The number of carbonyl (C=O) groups is 1. The van der Waals surface area contributed by atoms with Crippen molar-refractivity contribution in [1.82, 2.24) is 5.32 Å². The van der Waals surface area contributed by atoms with Gasteiger partial charge in [0.15, 0.2) is 0 Å². The van der Waals surface area contributed by atoms with E-state index < -0.39 is 0 Å². The molecular weight excluding hydrogens is 392 g/mol. The smallest absolute Gasteiger partial charge is 0.253 e. The van der Waals surface area contributed by atoms with Crippen LogP contribution in [0.3, 0.4) is 0 Å². The van der Waals surface area contributed by atoms with Gasteiger partial charge in [0.25, 0.3) is 5.91 Å². The van der Waals surface area contributed by atoms with Gasteiger partial charge < -0.3 is 15.7 Å². The Labute approximate surface area is 161 Å². The lowest BCUT2D eigenvalue weighted by Crippen LogP contribution is -2.32. The van der Waals surface area contributed by atoms with Crippen molar-refractivity contribution in [3.63, 3.8) is 0 Å². The van der Waals surface area contributed by atoms with Gasteiger partial charge in [0.1, 0.15) is 5.75 Å². The van der Waals surface area contributed by atoms with Crippen LogP contribution in [-0.2, 0) is 0 Å². The number of halogens is 1. The number of benzene rings is 2. The van der Waals surface area contributed by atoms with Crippen LogP contribution in [-0.4, -0.2) is 17.6 Å². The number of allylic oxidation sites excluding steroid dienone is 2. The second kappa shape index (κ2) is 6.80. The zero-order valence-electron chi connectivity index (χ0n) is 14.5. The second-order valence-corrected chi connectivity index (χ2v) is 7.72. The van der Waals surface area contributed by atoms with Crippen LogP contribution in [0.4, 0.5) is 5.69 Å². The van der Waals surface area contributed by atoms with E-state index in [1.165, 1.54) is 0 Å². The Morgan fingerprint density at radius 1 is 1.31 bits per heavy atom. The summed E-state index contributed by atoms with van der Waals surface area (Å²) < 4.78 is 0.928. The standard InChI is InChI=1S/C21H21BrN2O2/c1-2-23-21(26)16-8-4-7-14-13-5-3-6-15(13)20(24-19(14)16)17-11-12(22)9-10-18(17)25/h3-5,7-11,13,15,20,24-25H,2,6H2,1H3,(H,23,26). The van der Waals surface area contributed by atoms with Crippen LogP contribution in [0.5, 0.6) is 5.75 Å². The molecule has 3 unspecified atom stereocenters. The molecule has 1 aliphatic carbocycles. The van der Waals surface area contributed by atoms with Gasteiger partial charge in [-0.2, -0.15) is 0 Å². The zero-order valence-corrected chi connectivity index (χ0v) is 16.1. The molecule has 26 heavy (non-hydrogen) atoms. The summed E-state index contributed by atoms with van der Waals surface area (Å²) in [6, 6.07) is 11.3. The second-order valence-electron chi connectivity index (χ2n) is 6.81. The molecule has 2 aliphatic rings. The third-order valence-electron chi connectivity index (χ3n) is 5.30. The number of nitrogens with one attached hydrogen (secondary N) is 2. The Bertz CT molecular complexity index is 894. The number of hydrogen-bond acceptors (Lipinski definition) is 3. The lowest BCUT2D eigenvalue weighted by Gasteiger charge is -2.38. The van der Waals surface area contributed by atoms with Crippen molar-refractivity contribution in [3.05, 3.63) is 69.7 Å². The largest absolute Gasteiger partial charge is 0.508 e. The fourth-order valence-corrected chi connectivity index (χ4v) is 4.53. The minimum Gasteiger partial charge on any atom is -0.508 e. The maximum Gasteiger partial charge on any atom is 0.253 e. The van der Waals surface area contributed by atoms with Crippen LogP contribution >= 0.6 is 15.9 Å². The van der Waals surface area contributed by atoms with Crippen molar-refractivity contribution >= 4 is 27.5 Å². The molecule has 0 radical (unpaired) electrons. The number of amides is 1. The van der Waals surface area contributed by atoms with Crippen molar-refractivity contribution in [2.45, 2.75) is 25.3 Å². The Balaban J connectivity index is 1.83. The number of hydrogen-bond donors (Lipinski definition) is 3. The predicted molar refractivity (Wildman–Crippen MR) is 107 cm³/mol. The van der Waals surface area contributed by atoms with E-state index >= 15 is 0 Å². The molecule has 0 bridgehead atoms. The van der Waals surface area contributed by atoms with Gasteiger partial charge >= 0.3 is 0 Å². The van der Waals surface area contributed by atoms with Crippen LogP contribution in [0.2, 0.25) is 0 Å². The Morgan fingerprint density at radius 3 is 2.96 bits per heavy atom. The summed E-state index contributed by atoms with van der Waals surface area (Å²) in [6.45, 7) is 2.50. The Morgan fingerprint density at radius 2 is 2.15 bits per heavy atom. The van der Waals surface area contributed by atoms with Crippen molar-refractivity contribution in [2.75, 3.05) is 11.9 Å². The number of fused-ring (bicyclic) bond motifs is 3. The number of phenols is 1. The first kappa shape index (κ1) is 17.2. The van der Waals surface area contributed by atoms with Crippen LogP contribution in [0.15, 0.2) is 53.0 Å². The third-order valence-corrected chi connectivity index (χ3v) is 5.80. The summed E-state index contributed by atoms with van der Waals surface area (Å²) >= 11 is 3.51. The summed E-state index contributed by atoms with van der Waals surface area (Å²) in [5.74, 6) is 0.751. The molecule has 1 heterocycles. The monoisotopic (exact) mass is 412 g/mol. The molecule has 5 heteroatoms. The summed E-state index contributed by atoms with van der Waals surface area (Å²) in [4.78, 5) is 12.5. The molecule has 2 aromatic rings. The van der Waals surface area contributed by atoms with Gasteiger partial charge in [-0.15, -0.1) is 0 Å². The fraction of sp³-hybridized carbons (Fsp3) is 0.286. The maximum absolute atomic E-state index is 12.5. The van der Waals surface area contributed by atoms with E-state index in [4.69, 9.17) is 0 Å². The van der Waals surface area contributed by atoms with E-state index in [0.717, 1.165) is 27.7 Å². The van der Waals surface area contributed by atoms with E-state index in [1.807, 2.05) is 31.2 Å². The summed E-state index contributed by atoms with van der Waals surface area (Å²) in [5.41, 5.74) is 3.53. The lowest BCUT2D eigenvalue weighted by atomic mass is 9.76. The highest BCUT2D eigenvalue weighted by Gasteiger charge is 2.40. The number of rotatable bonds is 3. The molecule has 0 aromatic heterocycles. The minimum absolute atomic E-state index is 0.0597. The molecule has 3 atom stereocenters. The summed E-state index contributed by atoms with van der Waals surface area (Å²) in [7, 11) is 0. The summed E-state index contributed by atoms with van der Waals surface area (Å²) in [5, 5.41) is 16.9. The first-order valence-electron chi connectivity index (χ1n) is 8.93. The van der Waals surface area contributed by atoms with Crippen molar-refractivity contribution in [1.29, 1.82) is 0 Å². The van der Waals surface area contributed by atoms with Crippen molar-refractivity contribution in [3.8, 4) is 5.75 Å². The molecule has 2 aromatic carbocycles. The van der Waals surface area contributed by atoms with Gasteiger partial charge in [0, 0.05) is 22.5 Å². The molecule has 0 saturated heterocycles. The average molecular weight is 413 g/mol. The first-order valence-corrected chi connectivity index (χ1v) is 9.72. The molecule has 134 valence electrons. The van der Waals surface area contributed by atoms with Crippen LogP contribution in [0.25, 0.3) is 0 Å². The quantitative estimate of drug-likeness (QED) is 0.638. The maximum atomic E-state index is 12.5. The van der Waals surface area contributed by atoms with Crippen molar-refractivity contribution < 1.29 is 9.90 Å². The molecular formula is C21H21BrN2O2. The number of aromatic hydroxyl groups is 1. The Kier molecular flexibility index (Phi) is 4.49. The van der Waals surface area contributed by atoms with E-state index in [-0.39, 0.29) is 23.6 Å². The molecule has 1 amide bonds. The van der Waals surface area contributed by atoms with E-state index in [2.05, 4.69) is 44.8 Å². The molecule has 1 aliphatic heterocycles.